The van der Waals surface area contributed by atoms with Crippen LogP contribution in [0.5, 0.6) is 0 Å². The number of aromatic nitrogens is 1. The van der Waals surface area contributed by atoms with Crippen molar-refractivity contribution in [2.75, 3.05) is 32.6 Å². The number of benzene rings is 2. The van der Waals surface area contributed by atoms with E-state index in [1.54, 1.807) is 0 Å². The van der Waals surface area contributed by atoms with E-state index in [9.17, 15) is 0 Å². The first-order chi connectivity index (χ1) is 12.1. The second-order valence-corrected chi connectivity index (χ2v) is 6.56. The number of anilines is 1. The lowest BCUT2D eigenvalue weighted by atomic mass is 10.2. The topological polar surface area (TPSA) is 125 Å². The molecule has 0 N–H and O–H groups in total. The standard InChI is InChI=1S/C17H20N3O.ClHO4/c1-5-20(4)13-7-9-15-17(11-13)21-16-10-12(19(2)3)6-8-14(16)18-15;2-1(3,4)5/h6-11H,5H2,1-4H3;(H,2,3,4,5)/q+1;/p-1. The maximum atomic E-state index is 8.49. The third-order valence-corrected chi connectivity index (χ3v) is 3.78. The van der Waals surface area contributed by atoms with Gasteiger partial charge in [0.15, 0.2) is 11.3 Å². The zero-order valence-electron chi connectivity index (χ0n) is 14.9. The maximum absolute atomic E-state index is 8.49. The van der Waals surface area contributed by atoms with Crippen LogP contribution in [-0.2, 0) is 0 Å². The van der Waals surface area contributed by atoms with Gasteiger partial charge in [0, 0.05) is 31.4 Å². The highest BCUT2D eigenvalue weighted by atomic mass is 35.7. The summed E-state index contributed by atoms with van der Waals surface area (Å²) in [5.41, 5.74) is 3.72. The fourth-order valence-corrected chi connectivity index (χ4v) is 2.30. The summed E-state index contributed by atoms with van der Waals surface area (Å²) >= 11 is 0. The van der Waals surface area contributed by atoms with E-state index in [0.717, 1.165) is 40.1 Å². The summed E-state index contributed by atoms with van der Waals surface area (Å²) in [6, 6.07) is 12.2. The second-order valence-electron chi connectivity index (χ2n) is 5.80. The third kappa shape index (κ3) is 5.38. The van der Waals surface area contributed by atoms with E-state index >= 15 is 0 Å². The lowest BCUT2D eigenvalue weighted by molar-refractivity contribution is -2.00. The molecule has 0 atom stereocenters. The van der Waals surface area contributed by atoms with Crippen LogP contribution in [0.3, 0.4) is 0 Å². The van der Waals surface area contributed by atoms with Gasteiger partial charge in [-0.2, -0.15) is 0 Å². The number of hydrogen-bond donors (Lipinski definition) is 0. The normalized spacial score (nSPS) is 11.2. The SMILES string of the molecule is CCN(C)c1ccc2nc3ccc(=[N+](C)C)cc-3oc2c1.[O-][Cl+3]([O-])([O-])[O-]. The lowest BCUT2D eigenvalue weighted by Crippen LogP contribution is -2.68. The van der Waals surface area contributed by atoms with Crippen molar-refractivity contribution in [2.45, 2.75) is 6.92 Å². The number of rotatable bonds is 2. The van der Waals surface area contributed by atoms with Crippen molar-refractivity contribution in [3.05, 3.63) is 41.8 Å². The number of nitrogens with zero attached hydrogens (tertiary/aromatic N) is 3. The molecule has 26 heavy (non-hydrogen) atoms. The minimum atomic E-state index is -4.94. The Labute approximate surface area is 153 Å². The maximum Gasteiger partial charge on any atom is 0.203 e. The summed E-state index contributed by atoms with van der Waals surface area (Å²) < 4.78 is 42.1. The Bertz CT molecular complexity index is 926. The highest BCUT2D eigenvalue weighted by Gasteiger charge is 2.11. The average Bonchev–Trinajstić information content (AvgIpc) is 2.56. The minimum absolute atomic E-state index is 0.810. The molecule has 9 heteroatoms. The van der Waals surface area contributed by atoms with E-state index in [-0.39, 0.29) is 0 Å². The number of halogens is 1. The van der Waals surface area contributed by atoms with Crippen LogP contribution in [0.2, 0.25) is 0 Å². The molecule has 140 valence electrons. The molecule has 0 radical (unpaired) electrons. The molecule has 0 spiro atoms. The molecule has 0 amide bonds. The van der Waals surface area contributed by atoms with E-state index in [4.69, 9.17) is 23.1 Å². The average molecular weight is 382 g/mol. The molecule has 1 aromatic carbocycles. The fourth-order valence-electron chi connectivity index (χ4n) is 2.30. The molecule has 0 aromatic heterocycles. The minimum Gasteiger partial charge on any atom is -0.452 e. The highest BCUT2D eigenvalue weighted by Crippen LogP contribution is 2.26. The van der Waals surface area contributed by atoms with Gasteiger partial charge < -0.3 is 9.32 Å². The van der Waals surface area contributed by atoms with Crippen LogP contribution in [0.1, 0.15) is 6.92 Å². The van der Waals surface area contributed by atoms with E-state index in [0.29, 0.717) is 0 Å². The molecule has 0 bridgehead atoms. The second kappa shape index (κ2) is 7.98. The largest absolute Gasteiger partial charge is 0.452 e. The van der Waals surface area contributed by atoms with E-state index in [1.165, 1.54) is 0 Å². The van der Waals surface area contributed by atoms with Gasteiger partial charge in [-0.25, -0.2) is 28.2 Å². The van der Waals surface area contributed by atoms with E-state index in [1.807, 2.05) is 38.4 Å². The van der Waals surface area contributed by atoms with Crippen molar-refractivity contribution >= 4 is 16.8 Å². The van der Waals surface area contributed by atoms with Gasteiger partial charge in [0.2, 0.25) is 5.36 Å². The van der Waals surface area contributed by atoms with Crippen LogP contribution in [0, 0.1) is 10.2 Å². The Morgan fingerprint density at radius 2 is 1.73 bits per heavy atom. The lowest BCUT2D eigenvalue weighted by Gasteiger charge is -2.17. The first-order valence-electron chi connectivity index (χ1n) is 7.76. The van der Waals surface area contributed by atoms with Gasteiger partial charge >= 0.3 is 0 Å². The van der Waals surface area contributed by atoms with Gasteiger partial charge in [0.05, 0.1) is 6.07 Å². The highest BCUT2D eigenvalue weighted by molar-refractivity contribution is 5.80. The fraction of sp³-hybridized carbons (Fsp3) is 0.294. The molecule has 2 aliphatic rings. The molecule has 1 aliphatic heterocycles. The van der Waals surface area contributed by atoms with Crippen LogP contribution < -0.4 is 33.5 Å². The Kier molecular flexibility index (Phi) is 6.17. The molecule has 3 rings (SSSR count). The van der Waals surface area contributed by atoms with Crippen molar-refractivity contribution < 1.29 is 33.3 Å². The molecule has 0 unspecified atom stereocenters. The van der Waals surface area contributed by atoms with Crippen molar-refractivity contribution in [3.63, 3.8) is 0 Å². The van der Waals surface area contributed by atoms with Gasteiger partial charge in [-0.3, -0.25) is 0 Å². The van der Waals surface area contributed by atoms with Crippen molar-refractivity contribution in [1.82, 2.24) is 9.56 Å². The van der Waals surface area contributed by atoms with Gasteiger partial charge in [-0.15, -0.1) is 10.2 Å². The molecule has 1 aliphatic carbocycles. The molecule has 8 nitrogen and oxygen atoms in total. The van der Waals surface area contributed by atoms with E-state index < -0.39 is 10.2 Å². The Morgan fingerprint density at radius 3 is 2.31 bits per heavy atom. The van der Waals surface area contributed by atoms with Gasteiger partial charge in [-0.1, -0.05) is 0 Å². The smallest absolute Gasteiger partial charge is 0.203 e. The Hall–Kier alpha value is -2.23. The first kappa shape index (κ1) is 20.1. The molecule has 1 aromatic rings. The van der Waals surface area contributed by atoms with Crippen LogP contribution >= 0.6 is 0 Å². The third-order valence-electron chi connectivity index (χ3n) is 3.78. The summed E-state index contributed by atoms with van der Waals surface area (Å²) in [6.45, 7) is 3.08. The summed E-state index contributed by atoms with van der Waals surface area (Å²) in [7, 11) is 1.16. The number of fused-ring (bicyclic) bond motifs is 2. The quantitative estimate of drug-likeness (QED) is 0.360. The zero-order chi connectivity index (χ0) is 19.5. The van der Waals surface area contributed by atoms with Crippen molar-refractivity contribution in [2.24, 2.45) is 0 Å². The van der Waals surface area contributed by atoms with Crippen molar-refractivity contribution in [3.8, 4) is 11.5 Å². The van der Waals surface area contributed by atoms with Gasteiger partial charge in [0.25, 0.3) is 0 Å². The summed E-state index contributed by atoms with van der Waals surface area (Å²) in [4.78, 5) is 6.85. The Balaban J connectivity index is 0.000000431. The molecule has 0 saturated carbocycles. The molecular weight excluding hydrogens is 362 g/mol. The molecule has 0 fully saturated rings. The van der Waals surface area contributed by atoms with Crippen LogP contribution in [-0.4, -0.2) is 32.7 Å². The van der Waals surface area contributed by atoms with Gasteiger partial charge in [0.1, 0.15) is 25.3 Å². The predicted octanol–water partition coefficient (Wildman–Crippen LogP) is -2.34. The molecule has 0 saturated heterocycles. The van der Waals surface area contributed by atoms with Crippen molar-refractivity contribution in [1.29, 1.82) is 0 Å². The first-order valence-corrected chi connectivity index (χ1v) is 9.00. The van der Waals surface area contributed by atoms with E-state index in [2.05, 4.69) is 40.6 Å². The summed E-state index contributed by atoms with van der Waals surface area (Å²) in [5, 5.41) is 1.11. The van der Waals surface area contributed by atoms with Crippen LogP contribution in [0.25, 0.3) is 22.6 Å². The van der Waals surface area contributed by atoms with Crippen LogP contribution in [0.15, 0.2) is 40.8 Å². The zero-order valence-corrected chi connectivity index (χ0v) is 15.7. The van der Waals surface area contributed by atoms with Gasteiger partial charge in [-0.05, 0) is 25.1 Å². The monoisotopic (exact) mass is 381 g/mol. The molecule has 1 heterocycles. The molecular formula is C17H20ClN3O5. The summed E-state index contributed by atoms with van der Waals surface area (Å²) in [5.74, 6) is 0.810. The summed E-state index contributed by atoms with van der Waals surface area (Å²) in [6.07, 6.45) is 0. The predicted molar refractivity (Wildman–Crippen MR) is 86.7 cm³/mol. The Morgan fingerprint density at radius 1 is 1.08 bits per heavy atom. The number of hydrogen-bond acceptors (Lipinski definition) is 7. The van der Waals surface area contributed by atoms with Crippen LogP contribution in [0.4, 0.5) is 5.69 Å².